The molecule has 0 fully saturated rings. The van der Waals surface area contributed by atoms with Crippen LogP contribution < -0.4 is 10.1 Å². The molecule has 0 spiro atoms. The largest absolute Gasteiger partial charge is 0.494 e. The average Bonchev–Trinajstić information content (AvgIpc) is 3.02. The highest BCUT2D eigenvalue weighted by Gasteiger charge is 2.07. The van der Waals surface area contributed by atoms with Gasteiger partial charge in [0.05, 0.1) is 12.1 Å². The molecule has 0 atom stereocenters. The number of aromatic nitrogens is 3. The smallest absolute Gasteiger partial charge is 0.241 e. The maximum atomic E-state index is 12.0. The van der Waals surface area contributed by atoms with Gasteiger partial charge in [0.25, 0.3) is 0 Å². The summed E-state index contributed by atoms with van der Waals surface area (Å²) in [6.07, 6.45) is 1.76. The molecule has 6 heteroatoms. The van der Waals surface area contributed by atoms with E-state index in [1.54, 1.807) is 4.68 Å². The molecule has 3 rings (SSSR count). The van der Waals surface area contributed by atoms with E-state index >= 15 is 0 Å². The third-order valence-electron chi connectivity index (χ3n) is 3.90. The quantitative estimate of drug-likeness (QED) is 0.641. The maximum Gasteiger partial charge on any atom is 0.241 e. The standard InChI is InChI=1S/C19H22N4O2/c1-15-8-10-16(11-9-15)25-13-5-4-12-20-19(24)14-23-18-7-3-2-6-17(18)21-22-23/h2-3,6-11H,4-5,12-14H2,1H3,(H,20,24). The van der Waals surface area contributed by atoms with Gasteiger partial charge < -0.3 is 10.1 Å². The third kappa shape index (κ3) is 4.79. The van der Waals surface area contributed by atoms with Gasteiger partial charge in [-0.15, -0.1) is 5.10 Å². The van der Waals surface area contributed by atoms with E-state index < -0.39 is 0 Å². The highest BCUT2D eigenvalue weighted by molar-refractivity contribution is 5.79. The van der Waals surface area contributed by atoms with Crippen LogP contribution in [-0.2, 0) is 11.3 Å². The van der Waals surface area contributed by atoms with Crippen molar-refractivity contribution < 1.29 is 9.53 Å². The second-order valence-electron chi connectivity index (χ2n) is 5.95. The van der Waals surface area contributed by atoms with E-state index in [4.69, 9.17) is 4.74 Å². The number of carbonyl (C=O) groups is 1. The molecule has 0 aliphatic rings. The first-order valence-corrected chi connectivity index (χ1v) is 8.47. The Hall–Kier alpha value is -2.89. The Morgan fingerprint density at radius 3 is 2.76 bits per heavy atom. The summed E-state index contributed by atoms with van der Waals surface area (Å²) < 4.78 is 7.28. The van der Waals surface area contributed by atoms with Crippen LogP contribution in [-0.4, -0.2) is 34.1 Å². The molecular formula is C19H22N4O2. The molecule has 2 aromatic carbocycles. The fourth-order valence-electron chi connectivity index (χ4n) is 2.51. The summed E-state index contributed by atoms with van der Waals surface area (Å²) in [6, 6.07) is 15.6. The van der Waals surface area contributed by atoms with Crippen molar-refractivity contribution in [2.45, 2.75) is 26.3 Å². The zero-order chi connectivity index (χ0) is 17.5. The predicted molar refractivity (Wildman–Crippen MR) is 96.4 cm³/mol. The number of aryl methyl sites for hydroxylation is 1. The molecule has 3 aromatic rings. The molecule has 130 valence electrons. The Balaban J connectivity index is 1.33. The Bertz CT molecular complexity index is 827. The van der Waals surface area contributed by atoms with Gasteiger partial charge in [0, 0.05) is 6.54 Å². The Labute approximate surface area is 146 Å². The number of fused-ring (bicyclic) bond motifs is 1. The second kappa shape index (κ2) is 8.28. The number of rotatable bonds is 8. The molecule has 1 N–H and O–H groups in total. The van der Waals surface area contributed by atoms with Crippen LogP contribution in [0.2, 0.25) is 0 Å². The van der Waals surface area contributed by atoms with Crippen molar-refractivity contribution >= 4 is 16.9 Å². The molecule has 0 aliphatic heterocycles. The summed E-state index contributed by atoms with van der Waals surface area (Å²) >= 11 is 0. The molecule has 25 heavy (non-hydrogen) atoms. The van der Waals surface area contributed by atoms with Crippen LogP contribution in [0.15, 0.2) is 48.5 Å². The van der Waals surface area contributed by atoms with Gasteiger partial charge >= 0.3 is 0 Å². The highest BCUT2D eigenvalue weighted by Crippen LogP contribution is 2.12. The summed E-state index contributed by atoms with van der Waals surface area (Å²) in [5.74, 6) is 0.822. The molecule has 0 saturated carbocycles. The molecule has 0 aliphatic carbocycles. The van der Waals surface area contributed by atoms with Crippen LogP contribution >= 0.6 is 0 Å². The van der Waals surface area contributed by atoms with Crippen LogP contribution in [0.4, 0.5) is 0 Å². The van der Waals surface area contributed by atoms with E-state index in [0.29, 0.717) is 13.2 Å². The predicted octanol–water partition coefficient (Wildman–Crippen LogP) is 2.72. The lowest BCUT2D eigenvalue weighted by Crippen LogP contribution is -2.29. The van der Waals surface area contributed by atoms with E-state index in [0.717, 1.165) is 29.6 Å². The summed E-state index contributed by atoms with van der Waals surface area (Å²) in [5.41, 5.74) is 2.88. The molecule has 6 nitrogen and oxygen atoms in total. The number of ether oxygens (including phenoxy) is 1. The van der Waals surface area contributed by atoms with Crippen LogP contribution in [0.5, 0.6) is 5.75 Å². The van der Waals surface area contributed by atoms with Gasteiger partial charge in [0.1, 0.15) is 17.8 Å². The van der Waals surface area contributed by atoms with E-state index in [2.05, 4.69) is 22.6 Å². The fourth-order valence-corrected chi connectivity index (χ4v) is 2.51. The Kier molecular flexibility index (Phi) is 5.61. The first-order valence-electron chi connectivity index (χ1n) is 8.47. The van der Waals surface area contributed by atoms with E-state index in [1.807, 2.05) is 48.5 Å². The zero-order valence-corrected chi connectivity index (χ0v) is 14.3. The molecule has 0 unspecified atom stereocenters. The van der Waals surface area contributed by atoms with Gasteiger partial charge in [-0.2, -0.15) is 0 Å². The van der Waals surface area contributed by atoms with E-state index in [9.17, 15) is 4.79 Å². The lowest BCUT2D eigenvalue weighted by Gasteiger charge is -2.07. The normalized spacial score (nSPS) is 10.8. The molecule has 0 bridgehead atoms. The van der Waals surface area contributed by atoms with Crippen molar-refractivity contribution in [2.75, 3.05) is 13.2 Å². The summed E-state index contributed by atoms with van der Waals surface area (Å²) in [6.45, 7) is 3.50. The molecule has 1 aromatic heterocycles. The topological polar surface area (TPSA) is 69.0 Å². The van der Waals surface area contributed by atoms with Crippen LogP contribution in [0.1, 0.15) is 18.4 Å². The number of nitrogens with zero attached hydrogens (tertiary/aromatic N) is 3. The van der Waals surface area contributed by atoms with Gasteiger partial charge in [-0.05, 0) is 44.0 Å². The number of hydrogen-bond donors (Lipinski definition) is 1. The molecule has 0 saturated heterocycles. The lowest BCUT2D eigenvalue weighted by atomic mass is 10.2. The minimum Gasteiger partial charge on any atom is -0.494 e. The molecule has 0 radical (unpaired) electrons. The minimum absolute atomic E-state index is 0.0601. The van der Waals surface area contributed by atoms with Crippen LogP contribution in [0.25, 0.3) is 11.0 Å². The monoisotopic (exact) mass is 338 g/mol. The summed E-state index contributed by atoms with van der Waals surface area (Å²) in [5, 5.41) is 11.0. The minimum atomic E-state index is -0.0601. The zero-order valence-electron chi connectivity index (χ0n) is 14.3. The molecule has 1 heterocycles. The highest BCUT2D eigenvalue weighted by atomic mass is 16.5. The number of hydrogen-bond acceptors (Lipinski definition) is 4. The summed E-state index contributed by atoms with van der Waals surface area (Å²) in [7, 11) is 0. The van der Waals surface area contributed by atoms with Gasteiger partial charge in [-0.25, -0.2) is 4.68 Å². The number of benzene rings is 2. The first kappa shape index (κ1) is 17.0. The van der Waals surface area contributed by atoms with Crippen molar-refractivity contribution in [2.24, 2.45) is 0 Å². The van der Waals surface area contributed by atoms with Gasteiger partial charge in [0.2, 0.25) is 5.91 Å². The van der Waals surface area contributed by atoms with Crippen molar-refractivity contribution in [3.63, 3.8) is 0 Å². The number of nitrogens with one attached hydrogen (secondary N) is 1. The fraction of sp³-hybridized carbons (Fsp3) is 0.316. The van der Waals surface area contributed by atoms with Crippen molar-refractivity contribution in [3.8, 4) is 5.75 Å². The molecular weight excluding hydrogens is 316 g/mol. The number of amides is 1. The first-order chi connectivity index (χ1) is 12.2. The van der Waals surface area contributed by atoms with Crippen LogP contribution in [0, 0.1) is 6.92 Å². The van der Waals surface area contributed by atoms with Crippen molar-refractivity contribution in [1.82, 2.24) is 20.3 Å². The van der Waals surface area contributed by atoms with E-state index in [1.165, 1.54) is 5.56 Å². The van der Waals surface area contributed by atoms with Crippen molar-refractivity contribution in [1.29, 1.82) is 0 Å². The Morgan fingerprint density at radius 1 is 1.12 bits per heavy atom. The van der Waals surface area contributed by atoms with Gasteiger partial charge in [-0.1, -0.05) is 35.0 Å². The third-order valence-corrected chi connectivity index (χ3v) is 3.90. The Morgan fingerprint density at radius 2 is 1.92 bits per heavy atom. The number of para-hydroxylation sites is 1. The van der Waals surface area contributed by atoms with Crippen LogP contribution in [0.3, 0.4) is 0 Å². The summed E-state index contributed by atoms with van der Waals surface area (Å²) in [4.78, 5) is 12.0. The van der Waals surface area contributed by atoms with Gasteiger partial charge in [-0.3, -0.25) is 4.79 Å². The second-order valence-corrected chi connectivity index (χ2v) is 5.95. The number of unbranched alkanes of at least 4 members (excludes halogenated alkanes) is 1. The van der Waals surface area contributed by atoms with E-state index in [-0.39, 0.29) is 12.5 Å². The molecule has 1 amide bonds. The van der Waals surface area contributed by atoms with Crippen molar-refractivity contribution in [3.05, 3.63) is 54.1 Å². The maximum absolute atomic E-state index is 12.0. The number of carbonyl (C=O) groups excluding carboxylic acids is 1. The SMILES string of the molecule is Cc1ccc(OCCCCNC(=O)Cn2nnc3ccccc32)cc1. The average molecular weight is 338 g/mol. The lowest BCUT2D eigenvalue weighted by molar-refractivity contribution is -0.121. The van der Waals surface area contributed by atoms with Gasteiger partial charge in [0.15, 0.2) is 0 Å².